The lowest BCUT2D eigenvalue weighted by atomic mass is 10.0. The Morgan fingerprint density at radius 1 is 1.62 bits per heavy atom. The number of hydrogen-bond acceptors (Lipinski definition) is 3. The van der Waals surface area contributed by atoms with Gasteiger partial charge in [-0.05, 0) is 12.8 Å². The van der Waals surface area contributed by atoms with Crippen LogP contribution in [0.15, 0.2) is 5.38 Å². The van der Waals surface area contributed by atoms with E-state index in [2.05, 4.69) is 4.98 Å². The fourth-order valence-electron chi connectivity index (χ4n) is 1.75. The van der Waals surface area contributed by atoms with Gasteiger partial charge >= 0.3 is 0 Å². The van der Waals surface area contributed by atoms with E-state index in [1.165, 1.54) is 11.3 Å². The highest BCUT2D eigenvalue weighted by Crippen LogP contribution is 2.46. The zero-order valence-corrected chi connectivity index (χ0v) is 7.78. The fourth-order valence-corrected chi connectivity index (χ4v) is 2.37. The van der Waals surface area contributed by atoms with Gasteiger partial charge in [-0.15, -0.1) is 11.3 Å². The van der Waals surface area contributed by atoms with Crippen molar-refractivity contribution >= 4 is 16.5 Å². The lowest BCUT2D eigenvalue weighted by molar-refractivity contribution is -0.00986. The molecular formula is C8H10F2N2S. The van der Waals surface area contributed by atoms with Gasteiger partial charge in [0.1, 0.15) is 0 Å². The number of anilines is 1. The summed E-state index contributed by atoms with van der Waals surface area (Å²) in [5, 5.41) is 2.01. The molecule has 1 aromatic heterocycles. The van der Waals surface area contributed by atoms with Crippen molar-refractivity contribution in [1.82, 2.24) is 4.98 Å². The molecule has 1 fully saturated rings. The van der Waals surface area contributed by atoms with Crippen LogP contribution >= 0.6 is 11.3 Å². The van der Waals surface area contributed by atoms with Crippen LogP contribution < -0.4 is 5.73 Å². The minimum absolute atomic E-state index is 0.0188. The van der Waals surface area contributed by atoms with Crippen LogP contribution in [0.2, 0.25) is 0 Å². The van der Waals surface area contributed by atoms with Crippen molar-refractivity contribution in [2.24, 2.45) is 0 Å². The Morgan fingerprint density at radius 3 is 2.85 bits per heavy atom. The van der Waals surface area contributed by atoms with Crippen LogP contribution in [0, 0.1) is 0 Å². The number of aromatic nitrogens is 1. The van der Waals surface area contributed by atoms with Gasteiger partial charge < -0.3 is 5.73 Å². The molecule has 0 saturated heterocycles. The van der Waals surface area contributed by atoms with E-state index in [0.29, 0.717) is 23.7 Å². The Kier molecular flexibility index (Phi) is 1.98. The Morgan fingerprint density at radius 2 is 2.38 bits per heavy atom. The lowest BCUT2D eigenvalue weighted by Gasteiger charge is -2.16. The number of hydrogen-bond donors (Lipinski definition) is 1. The smallest absolute Gasteiger partial charge is 0.256 e. The molecular weight excluding hydrogens is 194 g/mol. The summed E-state index contributed by atoms with van der Waals surface area (Å²) in [6.07, 6.45) is 1.08. The van der Waals surface area contributed by atoms with E-state index in [4.69, 9.17) is 5.73 Å². The Hall–Kier alpha value is -0.710. The van der Waals surface area contributed by atoms with E-state index in [1.807, 2.05) is 0 Å². The van der Waals surface area contributed by atoms with Crippen molar-refractivity contribution < 1.29 is 8.78 Å². The highest BCUT2D eigenvalue weighted by molar-refractivity contribution is 7.13. The summed E-state index contributed by atoms with van der Waals surface area (Å²) >= 11 is 1.23. The van der Waals surface area contributed by atoms with Gasteiger partial charge in [0.25, 0.3) is 5.92 Å². The van der Waals surface area contributed by atoms with Gasteiger partial charge in [-0.1, -0.05) is 0 Å². The molecule has 5 heteroatoms. The Labute approximate surface area is 78.8 Å². The topological polar surface area (TPSA) is 38.9 Å². The molecule has 0 bridgehead atoms. The molecule has 0 aromatic carbocycles. The summed E-state index contributed by atoms with van der Waals surface area (Å²) in [5.74, 6) is -3.29. The van der Waals surface area contributed by atoms with E-state index in [-0.39, 0.29) is 6.42 Å². The minimum Gasteiger partial charge on any atom is -0.375 e. The third-order valence-corrected chi connectivity index (χ3v) is 3.10. The summed E-state index contributed by atoms with van der Waals surface area (Å²) < 4.78 is 26.5. The zero-order chi connectivity index (χ0) is 9.47. The maximum Gasteiger partial charge on any atom is 0.256 e. The second kappa shape index (κ2) is 2.90. The van der Waals surface area contributed by atoms with E-state index in [1.54, 1.807) is 5.38 Å². The molecule has 0 radical (unpaired) electrons. The Bertz CT molecular complexity index is 311. The number of rotatable bonds is 1. The molecule has 1 aromatic rings. The molecule has 1 atom stereocenters. The van der Waals surface area contributed by atoms with Crippen molar-refractivity contribution in [3.05, 3.63) is 11.1 Å². The van der Waals surface area contributed by atoms with Crippen LogP contribution in [0.5, 0.6) is 0 Å². The first-order valence-corrected chi connectivity index (χ1v) is 5.06. The highest BCUT2D eigenvalue weighted by atomic mass is 32.1. The number of nitrogen functional groups attached to an aromatic ring is 1. The standard InChI is InChI=1S/C8H10F2N2S/c9-8(10)3-1-2-5(8)6-4-13-7(11)12-6/h4-5H,1-3H2,(H2,11,12). The summed E-state index contributed by atoms with van der Waals surface area (Å²) in [6.45, 7) is 0. The van der Waals surface area contributed by atoms with Crippen molar-refractivity contribution in [2.45, 2.75) is 31.1 Å². The molecule has 1 aliphatic rings. The van der Waals surface area contributed by atoms with Crippen molar-refractivity contribution in [1.29, 1.82) is 0 Å². The third-order valence-electron chi connectivity index (χ3n) is 2.41. The largest absolute Gasteiger partial charge is 0.375 e. The van der Waals surface area contributed by atoms with Crippen molar-refractivity contribution in [3.8, 4) is 0 Å². The number of nitrogens with zero attached hydrogens (tertiary/aromatic N) is 1. The first kappa shape index (κ1) is 8.87. The maximum atomic E-state index is 13.2. The van der Waals surface area contributed by atoms with Gasteiger partial charge in [0, 0.05) is 11.8 Å². The maximum absolute atomic E-state index is 13.2. The average molecular weight is 204 g/mol. The first-order valence-electron chi connectivity index (χ1n) is 4.18. The summed E-state index contributed by atoms with van der Waals surface area (Å²) in [7, 11) is 0. The molecule has 72 valence electrons. The fraction of sp³-hybridized carbons (Fsp3) is 0.625. The van der Waals surface area contributed by atoms with E-state index in [0.717, 1.165) is 0 Å². The van der Waals surface area contributed by atoms with E-state index >= 15 is 0 Å². The molecule has 13 heavy (non-hydrogen) atoms. The molecule has 2 rings (SSSR count). The van der Waals surface area contributed by atoms with Gasteiger partial charge in [-0.25, -0.2) is 13.8 Å². The van der Waals surface area contributed by atoms with Crippen LogP contribution in [-0.2, 0) is 0 Å². The van der Waals surface area contributed by atoms with E-state index in [9.17, 15) is 8.78 Å². The van der Waals surface area contributed by atoms with Gasteiger partial charge in [-0.3, -0.25) is 0 Å². The molecule has 2 N–H and O–H groups in total. The van der Waals surface area contributed by atoms with Gasteiger partial charge in [0.15, 0.2) is 5.13 Å². The quantitative estimate of drug-likeness (QED) is 0.763. The van der Waals surface area contributed by atoms with Crippen molar-refractivity contribution in [2.75, 3.05) is 5.73 Å². The van der Waals surface area contributed by atoms with Crippen LogP contribution in [0.1, 0.15) is 30.9 Å². The molecule has 1 saturated carbocycles. The monoisotopic (exact) mass is 204 g/mol. The molecule has 0 amide bonds. The SMILES string of the molecule is Nc1nc(C2CCCC2(F)F)cs1. The average Bonchev–Trinajstić information content (AvgIpc) is 2.56. The van der Waals surface area contributed by atoms with Crippen LogP contribution in [-0.4, -0.2) is 10.9 Å². The minimum atomic E-state index is -2.58. The van der Waals surface area contributed by atoms with Crippen LogP contribution in [0.4, 0.5) is 13.9 Å². The van der Waals surface area contributed by atoms with Crippen LogP contribution in [0.3, 0.4) is 0 Å². The van der Waals surface area contributed by atoms with Gasteiger partial charge in [-0.2, -0.15) is 0 Å². The van der Waals surface area contributed by atoms with Gasteiger partial charge in [0.2, 0.25) is 0 Å². The normalized spacial score (nSPS) is 26.5. The second-order valence-electron chi connectivity index (χ2n) is 3.32. The zero-order valence-electron chi connectivity index (χ0n) is 6.96. The second-order valence-corrected chi connectivity index (χ2v) is 4.21. The van der Waals surface area contributed by atoms with Crippen molar-refractivity contribution in [3.63, 3.8) is 0 Å². The molecule has 2 nitrogen and oxygen atoms in total. The number of alkyl halides is 2. The molecule has 0 spiro atoms. The first-order chi connectivity index (χ1) is 6.09. The predicted octanol–water partition coefficient (Wildman–Crippen LogP) is 2.63. The lowest BCUT2D eigenvalue weighted by Crippen LogP contribution is -2.19. The molecule has 1 aliphatic carbocycles. The third kappa shape index (κ3) is 1.52. The molecule has 1 unspecified atom stereocenters. The molecule has 1 heterocycles. The molecule has 0 aliphatic heterocycles. The number of halogens is 2. The highest BCUT2D eigenvalue weighted by Gasteiger charge is 2.45. The van der Waals surface area contributed by atoms with E-state index < -0.39 is 11.8 Å². The summed E-state index contributed by atoms with van der Waals surface area (Å²) in [6, 6.07) is 0. The predicted molar refractivity (Wildman–Crippen MR) is 48.1 cm³/mol. The summed E-state index contributed by atoms with van der Waals surface area (Å²) in [4.78, 5) is 3.90. The van der Waals surface area contributed by atoms with Gasteiger partial charge in [0.05, 0.1) is 11.6 Å². The van der Waals surface area contributed by atoms with Crippen LogP contribution in [0.25, 0.3) is 0 Å². The number of thiazole rings is 1. The number of nitrogens with two attached hydrogens (primary N) is 1. The Balaban J connectivity index is 2.26. The summed E-state index contributed by atoms with van der Waals surface area (Å²) in [5.41, 5.74) is 5.86.